The summed E-state index contributed by atoms with van der Waals surface area (Å²) in [6, 6.07) is 7.21. The van der Waals surface area contributed by atoms with Crippen LogP contribution in [0, 0.1) is 0 Å². The fourth-order valence-corrected chi connectivity index (χ4v) is 1.99. The number of benzene rings is 1. The second kappa shape index (κ2) is 6.96. The first-order valence-corrected chi connectivity index (χ1v) is 6.27. The monoisotopic (exact) mass is 253 g/mol. The van der Waals surface area contributed by atoms with Gasteiger partial charge in [0.25, 0.3) is 5.91 Å². The summed E-state index contributed by atoms with van der Waals surface area (Å²) >= 11 is 1.57. The zero-order valence-corrected chi connectivity index (χ0v) is 10.7. The Balaban J connectivity index is 2.71. The minimum absolute atomic E-state index is 0.250. The Morgan fingerprint density at radius 1 is 1.35 bits per heavy atom. The fraction of sp³-hybridized carbons (Fsp3) is 0.333. The topological polar surface area (TPSA) is 55.4 Å². The Bertz CT molecular complexity index is 406. The van der Waals surface area contributed by atoms with Crippen LogP contribution >= 0.6 is 11.8 Å². The van der Waals surface area contributed by atoms with E-state index in [1.165, 1.54) is 7.05 Å². The summed E-state index contributed by atoms with van der Waals surface area (Å²) in [5.41, 5.74) is 0.503. The number of thioether (sulfide) groups is 1. The lowest BCUT2D eigenvalue weighted by Gasteiger charge is -2.07. The SMILES string of the molecule is CCSc1ccccc1C(=O)OCC(=O)NC. The molecule has 0 radical (unpaired) electrons. The number of esters is 1. The number of amides is 1. The van der Waals surface area contributed by atoms with Crippen LogP contribution in [0.1, 0.15) is 17.3 Å². The summed E-state index contributed by atoms with van der Waals surface area (Å²) < 4.78 is 4.90. The molecule has 0 aliphatic rings. The standard InChI is InChI=1S/C12H15NO3S/c1-3-17-10-7-5-4-6-9(10)12(15)16-8-11(14)13-2/h4-7H,3,8H2,1-2H3,(H,13,14). The van der Waals surface area contributed by atoms with E-state index < -0.39 is 5.97 Å². The van der Waals surface area contributed by atoms with E-state index in [0.717, 1.165) is 10.6 Å². The zero-order valence-electron chi connectivity index (χ0n) is 9.86. The van der Waals surface area contributed by atoms with E-state index in [4.69, 9.17) is 4.74 Å². The van der Waals surface area contributed by atoms with Gasteiger partial charge in [-0.05, 0) is 17.9 Å². The van der Waals surface area contributed by atoms with E-state index in [2.05, 4.69) is 5.32 Å². The van der Waals surface area contributed by atoms with Gasteiger partial charge in [-0.15, -0.1) is 11.8 Å². The van der Waals surface area contributed by atoms with Crippen LogP contribution in [0.3, 0.4) is 0 Å². The molecule has 17 heavy (non-hydrogen) atoms. The van der Waals surface area contributed by atoms with Crippen molar-refractivity contribution in [2.75, 3.05) is 19.4 Å². The number of nitrogens with one attached hydrogen (secondary N) is 1. The van der Waals surface area contributed by atoms with Crippen molar-refractivity contribution in [2.45, 2.75) is 11.8 Å². The molecular formula is C12H15NO3S. The Morgan fingerprint density at radius 2 is 2.06 bits per heavy atom. The fourth-order valence-electron chi connectivity index (χ4n) is 1.20. The van der Waals surface area contributed by atoms with E-state index in [1.807, 2.05) is 19.1 Å². The van der Waals surface area contributed by atoms with E-state index >= 15 is 0 Å². The van der Waals surface area contributed by atoms with E-state index in [-0.39, 0.29) is 12.5 Å². The summed E-state index contributed by atoms with van der Waals surface area (Å²) in [5, 5.41) is 2.39. The quantitative estimate of drug-likeness (QED) is 0.641. The smallest absolute Gasteiger partial charge is 0.339 e. The molecule has 0 fully saturated rings. The molecule has 0 unspecified atom stereocenters. The van der Waals surface area contributed by atoms with Crippen LogP contribution in [0.2, 0.25) is 0 Å². The van der Waals surface area contributed by atoms with Gasteiger partial charge >= 0.3 is 5.97 Å². The predicted octanol–water partition coefficient (Wildman–Crippen LogP) is 1.70. The lowest BCUT2D eigenvalue weighted by Crippen LogP contribution is -2.25. The molecule has 4 nitrogen and oxygen atoms in total. The highest BCUT2D eigenvalue weighted by Gasteiger charge is 2.13. The highest BCUT2D eigenvalue weighted by Crippen LogP contribution is 2.22. The molecule has 0 atom stereocenters. The Morgan fingerprint density at radius 3 is 2.71 bits per heavy atom. The maximum absolute atomic E-state index is 11.7. The predicted molar refractivity (Wildman–Crippen MR) is 67.2 cm³/mol. The van der Waals surface area contributed by atoms with Gasteiger partial charge in [0.15, 0.2) is 6.61 Å². The zero-order chi connectivity index (χ0) is 12.7. The number of likely N-dealkylation sites (N-methyl/N-ethyl adjacent to an activating group) is 1. The number of carbonyl (C=O) groups excluding carboxylic acids is 2. The largest absolute Gasteiger partial charge is 0.452 e. The van der Waals surface area contributed by atoms with Gasteiger partial charge < -0.3 is 10.1 Å². The molecule has 0 aromatic heterocycles. The molecule has 0 saturated heterocycles. The average molecular weight is 253 g/mol. The number of rotatable bonds is 5. The van der Waals surface area contributed by atoms with Crippen LogP contribution in [-0.4, -0.2) is 31.3 Å². The van der Waals surface area contributed by atoms with Gasteiger partial charge in [-0.1, -0.05) is 19.1 Å². The molecule has 5 heteroatoms. The molecule has 1 amide bonds. The number of hydrogen-bond acceptors (Lipinski definition) is 4. The van der Waals surface area contributed by atoms with Crippen molar-refractivity contribution in [2.24, 2.45) is 0 Å². The van der Waals surface area contributed by atoms with Gasteiger partial charge in [0.05, 0.1) is 5.56 Å². The minimum atomic E-state index is -0.467. The van der Waals surface area contributed by atoms with Gasteiger partial charge in [-0.3, -0.25) is 4.79 Å². The first-order valence-electron chi connectivity index (χ1n) is 5.28. The van der Waals surface area contributed by atoms with Crippen molar-refractivity contribution < 1.29 is 14.3 Å². The molecule has 0 aliphatic carbocycles. The normalized spacial score (nSPS) is 9.76. The molecule has 92 valence electrons. The van der Waals surface area contributed by atoms with Crippen molar-refractivity contribution in [3.8, 4) is 0 Å². The number of ether oxygens (including phenoxy) is 1. The second-order valence-electron chi connectivity index (χ2n) is 3.18. The molecule has 1 rings (SSSR count). The molecule has 0 bridgehead atoms. The Hall–Kier alpha value is -1.49. The first-order chi connectivity index (χ1) is 8.19. The van der Waals surface area contributed by atoms with Gasteiger partial charge in [0.2, 0.25) is 0 Å². The van der Waals surface area contributed by atoms with Crippen LogP contribution in [0.15, 0.2) is 29.2 Å². The molecular weight excluding hydrogens is 238 g/mol. The number of carbonyl (C=O) groups is 2. The second-order valence-corrected chi connectivity index (χ2v) is 4.48. The van der Waals surface area contributed by atoms with Crippen LogP contribution < -0.4 is 5.32 Å². The molecule has 1 aromatic rings. The van der Waals surface area contributed by atoms with Crippen molar-refractivity contribution in [3.05, 3.63) is 29.8 Å². The number of hydrogen-bond donors (Lipinski definition) is 1. The molecule has 0 aliphatic heterocycles. The minimum Gasteiger partial charge on any atom is -0.452 e. The molecule has 0 heterocycles. The van der Waals surface area contributed by atoms with Crippen LogP contribution in [0.25, 0.3) is 0 Å². The summed E-state index contributed by atoms with van der Waals surface area (Å²) in [4.78, 5) is 23.6. The highest BCUT2D eigenvalue weighted by atomic mass is 32.2. The van der Waals surface area contributed by atoms with E-state index in [9.17, 15) is 9.59 Å². The Labute approximate surface area is 105 Å². The molecule has 0 saturated carbocycles. The third-order valence-electron chi connectivity index (χ3n) is 2.02. The molecule has 1 aromatic carbocycles. The highest BCUT2D eigenvalue weighted by molar-refractivity contribution is 7.99. The van der Waals surface area contributed by atoms with Gasteiger partial charge in [0, 0.05) is 11.9 Å². The Kier molecular flexibility index (Phi) is 5.56. The van der Waals surface area contributed by atoms with Gasteiger partial charge in [-0.25, -0.2) is 4.79 Å². The first kappa shape index (κ1) is 13.6. The lowest BCUT2D eigenvalue weighted by atomic mass is 10.2. The van der Waals surface area contributed by atoms with Gasteiger partial charge in [-0.2, -0.15) is 0 Å². The van der Waals surface area contributed by atoms with Crippen molar-refractivity contribution >= 4 is 23.6 Å². The summed E-state index contributed by atoms with van der Waals surface area (Å²) in [5.74, 6) is 0.0869. The van der Waals surface area contributed by atoms with Crippen molar-refractivity contribution in [1.29, 1.82) is 0 Å². The summed E-state index contributed by atoms with van der Waals surface area (Å²) in [6.45, 7) is 1.76. The maximum Gasteiger partial charge on any atom is 0.339 e. The lowest BCUT2D eigenvalue weighted by molar-refractivity contribution is -0.123. The average Bonchev–Trinajstić information content (AvgIpc) is 2.36. The summed E-state index contributed by atoms with van der Waals surface area (Å²) in [7, 11) is 1.50. The van der Waals surface area contributed by atoms with E-state index in [0.29, 0.717) is 5.56 Å². The van der Waals surface area contributed by atoms with E-state index in [1.54, 1.807) is 23.9 Å². The third kappa shape index (κ3) is 4.11. The maximum atomic E-state index is 11.7. The van der Waals surface area contributed by atoms with Gasteiger partial charge in [0.1, 0.15) is 0 Å². The van der Waals surface area contributed by atoms with Crippen LogP contribution in [-0.2, 0) is 9.53 Å². The molecule has 0 spiro atoms. The summed E-state index contributed by atoms with van der Waals surface area (Å²) in [6.07, 6.45) is 0. The molecule has 1 N–H and O–H groups in total. The van der Waals surface area contributed by atoms with Crippen LogP contribution in [0.4, 0.5) is 0 Å². The van der Waals surface area contributed by atoms with Crippen molar-refractivity contribution in [3.63, 3.8) is 0 Å². The van der Waals surface area contributed by atoms with Crippen molar-refractivity contribution in [1.82, 2.24) is 5.32 Å². The van der Waals surface area contributed by atoms with Crippen LogP contribution in [0.5, 0.6) is 0 Å². The third-order valence-corrected chi connectivity index (χ3v) is 2.98.